The molecular formula is C23H27FN4O. The fourth-order valence-corrected chi connectivity index (χ4v) is 4.25. The largest absolute Gasteiger partial charge is 0.336 e. The maximum atomic E-state index is 14.2. The highest BCUT2D eigenvalue weighted by atomic mass is 19.1. The molecule has 0 unspecified atom stereocenters. The molecule has 0 saturated carbocycles. The Kier molecular flexibility index (Phi) is 5.37. The molecule has 3 aromatic rings. The van der Waals surface area contributed by atoms with Crippen LogP contribution in [0.4, 0.5) is 4.39 Å². The molecule has 2 aromatic heterocycles. The van der Waals surface area contributed by atoms with Gasteiger partial charge in [-0.1, -0.05) is 0 Å². The molecule has 1 aliphatic heterocycles. The summed E-state index contributed by atoms with van der Waals surface area (Å²) in [6.07, 6.45) is 4.65. The lowest BCUT2D eigenvalue weighted by molar-refractivity contribution is 0.0717. The second-order valence-electron chi connectivity index (χ2n) is 7.93. The molecule has 0 spiro atoms. The van der Waals surface area contributed by atoms with E-state index < -0.39 is 5.82 Å². The molecule has 0 radical (unpaired) electrons. The number of halogens is 1. The van der Waals surface area contributed by atoms with Crippen molar-refractivity contribution in [1.82, 2.24) is 19.6 Å². The van der Waals surface area contributed by atoms with Gasteiger partial charge in [-0.25, -0.2) is 9.37 Å². The predicted octanol–water partition coefficient (Wildman–Crippen LogP) is 4.09. The van der Waals surface area contributed by atoms with Gasteiger partial charge in [0.25, 0.3) is 5.91 Å². The number of aromatic nitrogens is 2. The second-order valence-corrected chi connectivity index (χ2v) is 7.93. The van der Waals surface area contributed by atoms with Crippen molar-refractivity contribution >= 4 is 11.4 Å². The molecule has 0 bridgehead atoms. The highest BCUT2D eigenvalue weighted by Crippen LogP contribution is 2.32. The molecule has 29 heavy (non-hydrogen) atoms. The van der Waals surface area contributed by atoms with E-state index in [2.05, 4.69) is 22.4 Å². The monoisotopic (exact) mass is 394 g/mol. The number of nitrogens with zero attached hydrogens (tertiary/aromatic N) is 3. The first kappa shape index (κ1) is 19.6. The number of hydrogen-bond acceptors (Lipinski definition) is 3. The van der Waals surface area contributed by atoms with Gasteiger partial charge in [-0.05, 0) is 75.5 Å². The first-order chi connectivity index (χ1) is 14.0. The van der Waals surface area contributed by atoms with Crippen LogP contribution in [-0.2, 0) is 0 Å². The Hall–Kier alpha value is -2.73. The average Bonchev–Trinajstić information content (AvgIpc) is 3.39. The van der Waals surface area contributed by atoms with Crippen molar-refractivity contribution in [3.05, 3.63) is 59.8 Å². The molecule has 0 aliphatic carbocycles. The van der Waals surface area contributed by atoms with Gasteiger partial charge in [0.2, 0.25) is 0 Å². The van der Waals surface area contributed by atoms with Crippen LogP contribution in [0.2, 0.25) is 0 Å². The quantitative estimate of drug-likeness (QED) is 0.709. The molecule has 1 atom stereocenters. The lowest BCUT2D eigenvalue weighted by atomic mass is 9.95. The third-order valence-corrected chi connectivity index (χ3v) is 5.79. The Morgan fingerprint density at radius 2 is 2.17 bits per heavy atom. The molecule has 1 N–H and O–H groups in total. The topological polar surface area (TPSA) is 49.6 Å². The minimum atomic E-state index is -0.407. The van der Waals surface area contributed by atoms with E-state index in [1.165, 1.54) is 17.7 Å². The highest BCUT2D eigenvalue weighted by Gasteiger charge is 2.24. The first-order valence-electron chi connectivity index (χ1n) is 10.3. The van der Waals surface area contributed by atoms with Gasteiger partial charge in [-0.15, -0.1) is 0 Å². The SMILES string of the molecule is CCN(C(=O)c1cc(F)ccc1-c1cc([C@@H]2CCNC2)cc2cncn12)C(C)C. The van der Waals surface area contributed by atoms with Gasteiger partial charge in [0, 0.05) is 24.7 Å². The lowest BCUT2D eigenvalue weighted by Crippen LogP contribution is -2.37. The predicted molar refractivity (Wildman–Crippen MR) is 113 cm³/mol. The van der Waals surface area contributed by atoms with E-state index in [0.29, 0.717) is 18.0 Å². The average molecular weight is 394 g/mol. The van der Waals surface area contributed by atoms with Gasteiger partial charge in [0.1, 0.15) is 5.82 Å². The molecule has 6 heteroatoms. The molecule has 1 saturated heterocycles. The van der Waals surface area contributed by atoms with E-state index in [9.17, 15) is 9.18 Å². The molecular weight excluding hydrogens is 367 g/mol. The smallest absolute Gasteiger partial charge is 0.254 e. The zero-order chi connectivity index (χ0) is 20.5. The Bertz CT molecular complexity index is 1040. The minimum Gasteiger partial charge on any atom is -0.336 e. The number of imidazole rings is 1. The Labute approximate surface area is 170 Å². The minimum absolute atomic E-state index is 0.0350. The van der Waals surface area contributed by atoms with E-state index in [1.54, 1.807) is 17.3 Å². The van der Waals surface area contributed by atoms with Crippen molar-refractivity contribution in [2.75, 3.05) is 19.6 Å². The zero-order valence-electron chi connectivity index (χ0n) is 17.2. The molecule has 4 rings (SSSR count). The van der Waals surface area contributed by atoms with Crippen LogP contribution in [0.25, 0.3) is 16.8 Å². The summed E-state index contributed by atoms with van der Waals surface area (Å²) >= 11 is 0. The van der Waals surface area contributed by atoms with Crippen molar-refractivity contribution in [2.24, 2.45) is 0 Å². The first-order valence-corrected chi connectivity index (χ1v) is 10.3. The maximum Gasteiger partial charge on any atom is 0.254 e. The number of fused-ring (bicyclic) bond motifs is 1. The molecule has 1 aromatic carbocycles. The van der Waals surface area contributed by atoms with Crippen molar-refractivity contribution < 1.29 is 9.18 Å². The summed E-state index contributed by atoms with van der Waals surface area (Å²) < 4.78 is 16.1. The van der Waals surface area contributed by atoms with Gasteiger partial charge in [0.15, 0.2) is 0 Å². The maximum absolute atomic E-state index is 14.2. The van der Waals surface area contributed by atoms with E-state index in [-0.39, 0.29) is 11.9 Å². The van der Waals surface area contributed by atoms with Crippen LogP contribution < -0.4 is 5.32 Å². The van der Waals surface area contributed by atoms with Crippen LogP contribution >= 0.6 is 0 Å². The van der Waals surface area contributed by atoms with Crippen LogP contribution in [-0.4, -0.2) is 45.9 Å². The van der Waals surface area contributed by atoms with Gasteiger partial charge in [0.05, 0.1) is 29.3 Å². The van der Waals surface area contributed by atoms with Crippen molar-refractivity contribution in [3.8, 4) is 11.3 Å². The summed E-state index contributed by atoms with van der Waals surface area (Å²) in [5.74, 6) is -0.135. The summed E-state index contributed by atoms with van der Waals surface area (Å²) in [5, 5.41) is 3.41. The Morgan fingerprint density at radius 1 is 1.34 bits per heavy atom. The van der Waals surface area contributed by atoms with E-state index in [4.69, 9.17) is 0 Å². The molecule has 5 nitrogen and oxygen atoms in total. The Morgan fingerprint density at radius 3 is 2.86 bits per heavy atom. The van der Waals surface area contributed by atoms with Crippen LogP contribution in [0.15, 0.2) is 42.9 Å². The van der Waals surface area contributed by atoms with E-state index in [1.807, 2.05) is 31.4 Å². The number of nitrogens with one attached hydrogen (secondary N) is 1. The number of rotatable bonds is 5. The normalized spacial score (nSPS) is 16.7. The summed E-state index contributed by atoms with van der Waals surface area (Å²) in [6, 6.07) is 8.81. The van der Waals surface area contributed by atoms with Crippen LogP contribution in [0.3, 0.4) is 0 Å². The van der Waals surface area contributed by atoms with Gasteiger partial charge in [-0.2, -0.15) is 0 Å². The van der Waals surface area contributed by atoms with Crippen molar-refractivity contribution in [2.45, 2.75) is 39.2 Å². The molecule has 152 valence electrons. The highest BCUT2D eigenvalue weighted by molar-refractivity contribution is 6.01. The fraction of sp³-hybridized carbons (Fsp3) is 0.391. The summed E-state index contributed by atoms with van der Waals surface area (Å²) in [5.41, 5.74) is 4.17. The van der Waals surface area contributed by atoms with Crippen LogP contribution in [0.1, 0.15) is 49.0 Å². The van der Waals surface area contributed by atoms with Gasteiger partial charge >= 0.3 is 0 Å². The standard InChI is InChI=1S/C23H27FN4O/c1-4-27(15(2)3)23(29)21-11-18(24)5-6-20(21)22-10-17(16-7-8-25-12-16)9-19-13-26-14-28(19)22/h5-6,9-11,13-16,25H,4,7-8,12H2,1-3H3/t16-/m1/s1. The van der Waals surface area contributed by atoms with Crippen molar-refractivity contribution in [1.29, 1.82) is 0 Å². The fourth-order valence-electron chi connectivity index (χ4n) is 4.25. The van der Waals surface area contributed by atoms with Crippen molar-refractivity contribution in [3.63, 3.8) is 0 Å². The zero-order valence-corrected chi connectivity index (χ0v) is 17.2. The van der Waals surface area contributed by atoms with Gasteiger partial charge in [-0.3, -0.25) is 9.20 Å². The molecule has 3 heterocycles. The number of amides is 1. The number of carbonyl (C=O) groups excluding carboxylic acids is 1. The van der Waals surface area contributed by atoms with Crippen LogP contribution in [0.5, 0.6) is 0 Å². The number of benzene rings is 1. The number of pyridine rings is 1. The number of hydrogen-bond donors (Lipinski definition) is 1. The molecule has 1 aliphatic rings. The van der Waals surface area contributed by atoms with Crippen LogP contribution in [0, 0.1) is 5.82 Å². The Balaban J connectivity index is 1.90. The summed E-state index contributed by atoms with van der Waals surface area (Å²) in [6.45, 7) is 8.41. The van der Waals surface area contributed by atoms with E-state index in [0.717, 1.165) is 36.3 Å². The van der Waals surface area contributed by atoms with Gasteiger partial charge < -0.3 is 10.2 Å². The third kappa shape index (κ3) is 3.65. The lowest BCUT2D eigenvalue weighted by Gasteiger charge is -2.26. The molecule has 1 amide bonds. The second kappa shape index (κ2) is 7.95. The summed E-state index contributed by atoms with van der Waals surface area (Å²) in [7, 11) is 0. The number of carbonyl (C=O) groups is 1. The molecule has 1 fully saturated rings. The van der Waals surface area contributed by atoms with E-state index >= 15 is 0 Å². The summed E-state index contributed by atoms with van der Waals surface area (Å²) in [4.78, 5) is 19.4. The third-order valence-electron chi connectivity index (χ3n) is 5.79.